The average molecular weight is 1160 g/mol. The van der Waals surface area contributed by atoms with E-state index in [0.717, 1.165) is 76.6 Å². The van der Waals surface area contributed by atoms with E-state index in [9.17, 15) is 83.4 Å². The number of hydrogen-bond donors (Lipinski definition) is 0. The molecule has 0 aromatic carbocycles. The summed E-state index contributed by atoms with van der Waals surface area (Å²) in [4.78, 5) is 32.6. The van der Waals surface area contributed by atoms with Gasteiger partial charge in [-0.2, -0.15) is 75.5 Å². The molecule has 0 amide bonds. The first-order valence-electron chi connectivity index (χ1n) is 21.4. The summed E-state index contributed by atoms with van der Waals surface area (Å²) in [6.45, 7) is -3.87. The number of nitrogens with zero attached hydrogens (tertiary/aromatic N) is 13. The maximum absolute atomic E-state index is 14.0. The first kappa shape index (κ1) is 58.6. The Labute approximate surface area is 431 Å². The highest BCUT2D eigenvalue weighted by Crippen LogP contribution is 2.34. The molecule has 0 unspecified atom stereocenters. The number of aromatic nitrogens is 12. The minimum Gasteiger partial charge on any atom is -0.466 e. The van der Waals surface area contributed by atoms with Gasteiger partial charge in [-0.25, -0.2) is 48.1 Å². The highest BCUT2D eigenvalue weighted by Gasteiger charge is 2.37. The average Bonchev–Trinajstić information content (AvgIpc) is 4.13. The summed E-state index contributed by atoms with van der Waals surface area (Å²) in [7, 11) is 0. The van der Waals surface area contributed by atoms with E-state index in [0.29, 0.717) is 23.8 Å². The molecular formula is C45H26F19N13O3. The maximum Gasteiger partial charge on any atom is 0.450 e. The fourth-order valence-electron chi connectivity index (χ4n) is 6.62. The Kier molecular flexibility index (Phi) is 16.1. The van der Waals surface area contributed by atoms with Crippen LogP contribution in [0, 0.1) is 28.8 Å². The van der Waals surface area contributed by atoms with E-state index >= 15 is 0 Å². The van der Waals surface area contributed by atoms with E-state index in [2.05, 4.69) is 59.1 Å². The van der Waals surface area contributed by atoms with Crippen LogP contribution in [0.15, 0.2) is 86.4 Å². The number of alkyl halides is 16. The molecule has 9 aromatic rings. The van der Waals surface area contributed by atoms with Gasteiger partial charge in [0.05, 0.1) is 41.7 Å². The molecule has 0 saturated carbocycles. The van der Waals surface area contributed by atoms with Crippen LogP contribution in [0.2, 0.25) is 0 Å². The second-order valence-corrected chi connectivity index (χ2v) is 16.2. The zero-order valence-electron chi connectivity index (χ0n) is 39.4. The molecule has 0 saturated heterocycles. The molecule has 0 atom stereocenters. The van der Waals surface area contributed by atoms with E-state index in [1.165, 1.54) is 18.6 Å². The number of nitriles is 1. The second-order valence-electron chi connectivity index (χ2n) is 16.2. The summed E-state index contributed by atoms with van der Waals surface area (Å²) >= 11 is 0. The van der Waals surface area contributed by atoms with Crippen LogP contribution in [0.25, 0.3) is 50.3 Å². The van der Waals surface area contributed by atoms with Crippen molar-refractivity contribution in [2.24, 2.45) is 0 Å². The standard InChI is InChI=1S/C16H9F6N5O.C15H10F6N4O.C14H7F7N4O/c1-15(18,19)14-26-10(3-23)12-5-24-11(6-27(12)14)8-2-9(17)13(25-4-8)28-7-16(20,21)22;1-14(17,18)13-24-5-9-4-22-11(6-25(9)13)8-2-10(16)12(23-3-8)26-7-15(19,20)21;15-9-1-7(2-23-11(9)26-6-13(16,17)18)8-3-22-10-4-24-12(14(19,20)21)25(10)5-8/h2,4-6H,7H2,1H3;2-6H,7H2,1H3;1-5H,6H2. The van der Waals surface area contributed by atoms with Crippen LogP contribution < -0.4 is 14.2 Å². The molecule has 0 aliphatic carbocycles. The number of hydrogen-bond acceptors (Lipinski definition) is 13. The Balaban J connectivity index is 0.000000174. The molecule has 422 valence electrons. The van der Waals surface area contributed by atoms with Gasteiger partial charge in [0, 0.05) is 79.5 Å². The molecule has 0 spiro atoms. The SMILES string of the molecule is CC(F)(F)c1nc(C#N)c2cnc(-c3cnc(OCC(F)(F)F)c(F)c3)cn12.CC(F)(F)c1ncc2cnc(-c3cnc(OCC(F)(F)F)c(F)c3)cn12.Fc1cc(-c2cnc3cnc(C(F)(F)F)n3c2)cnc1OCC(F)(F)F. The summed E-state index contributed by atoms with van der Waals surface area (Å²) < 4.78 is 260. The molecule has 0 bridgehead atoms. The maximum atomic E-state index is 14.0. The smallest absolute Gasteiger partial charge is 0.450 e. The van der Waals surface area contributed by atoms with Crippen LogP contribution in [0.4, 0.5) is 83.4 Å². The van der Waals surface area contributed by atoms with Crippen LogP contribution in [-0.4, -0.2) is 96.4 Å². The highest BCUT2D eigenvalue weighted by molar-refractivity contribution is 5.65. The van der Waals surface area contributed by atoms with Crippen LogP contribution in [0.5, 0.6) is 17.6 Å². The summed E-state index contributed by atoms with van der Waals surface area (Å²) in [6.07, 6.45) is -6.77. The van der Waals surface area contributed by atoms with Crippen molar-refractivity contribution >= 4 is 16.7 Å². The highest BCUT2D eigenvalue weighted by atomic mass is 19.4. The van der Waals surface area contributed by atoms with Gasteiger partial charge in [0.25, 0.3) is 17.6 Å². The lowest BCUT2D eigenvalue weighted by Crippen LogP contribution is -2.20. The lowest BCUT2D eigenvalue weighted by atomic mass is 10.1. The lowest BCUT2D eigenvalue weighted by molar-refractivity contribution is -0.155. The van der Waals surface area contributed by atoms with E-state index in [1.54, 1.807) is 6.07 Å². The van der Waals surface area contributed by atoms with Gasteiger partial charge in [-0.15, -0.1) is 0 Å². The Hall–Kier alpha value is -9.13. The molecule has 9 heterocycles. The Bertz CT molecular complexity index is 3590. The van der Waals surface area contributed by atoms with Crippen molar-refractivity contribution in [1.82, 2.24) is 58.1 Å². The molecule has 35 heteroatoms. The summed E-state index contributed by atoms with van der Waals surface area (Å²) in [6, 6.07) is 4.12. The van der Waals surface area contributed by atoms with E-state index in [4.69, 9.17) is 5.26 Å². The first-order chi connectivity index (χ1) is 37.1. The van der Waals surface area contributed by atoms with Crippen molar-refractivity contribution < 1.29 is 97.6 Å². The number of pyridine rings is 3. The van der Waals surface area contributed by atoms with Crippen LogP contribution in [0.3, 0.4) is 0 Å². The summed E-state index contributed by atoms with van der Waals surface area (Å²) in [5.41, 5.74) is 0.135. The largest absolute Gasteiger partial charge is 0.466 e. The molecule has 0 radical (unpaired) electrons. The van der Waals surface area contributed by atoms with Crippen molar-refractivity contribution in [1.29, 1.82) is 5.26 Å². The minimum atomic E-state index is -4.73. The number of fused-ring (bicyclic) bond motifs is 3. The minimum absolute atomic E-state index is 0.00177. The van der Waals surface area contributed by atoms with Crippen molar-refractivity contribution in [3.63, 3.8) is 0 Å². The topological polar surface area (TPSA) is 181 Å². The summed E-state index contributed by atoms with van der Waals surface area (Å²) in [5, 5.41) is 9.02. The molecule has 80 heavy (non-hydrogen) atoms. The van der Waals surface area contributed by atoms with Gasteiger partial charge in [0.15, 0.2) is 60.3 Å². The number of imidazole rings is 3. The van der Waals surface area contributed by atoms with Crippen LogP contribution in [0.1, 0.15) is 37.0 Å². The Morgan fingerprint density at radius 1 is 0.450 bits per heavy atom. The fraction of sp³-hybridized carbons (Fsp3) is 0.244. The predicted octanol–water partition coefficient (Wildman–Crippen LogP) is 11.7. The molecular weight excluding hydrogens is 1130 g/mol. The van der Waals surface area contributed by atoms with Crippen molar-refractivity contribution in [3.05, 3.63) is 127 Å². The van der Waals surface area contributed by atoms with Gasteiger partial charge in [-0.05, 0) is 18.2 Å². The van der Waals surface area contributed by atoms with E-state index in [1.807, 2.05) is 0 Å². The molecule has 0 aliphatic heterocycles. The molecule has 16 nitrogen and oxygen atoms in total. The van der Waals surface area contributed by atoms with Crippen molar-refractivity contribution in [3.8, 4) is 57.4 Å². The molecule has 0 N–H and O–H groups in total. The molecule has 0 fully saturated rings. The third-order valence-electron chi connectivity index (χ3n) is 9.93. The fourth-order valence-corrected chi connectivity index (χ4v) is 6.62. The van der Waals surface area contributed by atoms with Gasteiger partial charge in [0.2, 0.25) is 5.82 Å². The van der Waals surface area contributed by atoms with Gasteiger partial charge in [-0.3, -0.25) is 23.2 Å². The number of rotatable bonds is 11. The first-order valence-corrected chi connectivity index (χ1v) is 21.4. The normalized spacial score (nSPS) is 12.4. The third-order valence-corrected chi connectivity index (χ3v) is 9.93. The van der Waals surface area contributed by atoms with Crippen molar-refractivity contribution in [2.45, 2.75) is 50.4 Å². The molecule has 0 aliphatic rings. The number of halogens is 19. The Morgan fingerprint density at radius 3 is 1.32 bits per heavy atom. The zero-order chi connectivity index (χ0) is 58.9. The quantitative estimate of drug-likeness (QED) is 0.112. The monoisotopic (exact) mass is 1160 g/mol. The van der Waals surface area contributed by atoms with Crippen LogP contribution in [-0.2, 0) is 18.0 Å². The Morgan fingerprint density at radius 2 is 0.875 bits per heavy atom. The van der Waals surface area contributed by atoms with E-state index in [-0.39, 0.29) is 50.5 Å². The van der Waals surface area contributed by atoms with Gasteiger partial charge in [-0.1, -0.05) is 0 Å². The molecule has 9 aromatic heterocycles. The molecule has 9 rings (SSSR count). The third kappa shape index (κ3) is 14.3. The lowest BCUT2D eigenvalue weighted by Gasteiger charge is -2.11. The predicted molar refractivity (Wildman–Crippen MR) is 232 cm³/mol. The van der Waals surface area contributed by atoms with Gasteiger partial charge >= 0.3 is 36.6 Å². The van der Waals surface area contributed by atoms with Crippen LogP contribution >= 0.6 is 0 Å². The van der Waals surface area contributed by atoms with E-state index < -0.39 is 109 Å². The van der Waals surface area contributed by atoms with Gasteiger partial charge < -0.3 is 14.2 Å². The zero-order valence-corrected chi connectivity index (χ0v) is 39.4. The second kappa shape index (κ2) is 22.0. The number of ether oxygens (including phenoxy) is 3. The summed E-state index contributed by atoms with van der Waals surface area (Å²) in [5.74, 6) is -15.2. The van der Waals surface area contributed by atoms with Crippen molar-refractivity contribution in [2.75, 3.05) is 19.8 Å². The van der Waals surface area contributed by atoms with Gasteiger partial charge in [0.1, 0.15) is 11.6 Å².